The molecule has 3 heteroatoms. The van der Waals surface area contributed by atoms with Crippen LogP contribution in [0.4, 0.5) is 0 Å². The van der Waals surface area contributed by atoms with Crippen LogP contribution in [0.2, 0.25) is 0 Å². The minimum atomic E-state index is -0.140. The van der Waals surface area contributed by atoms with E-state index in [4.69, 9.17) is 14.2 Å². The molecule has 2 heterocycles. The van der Waals surface area contributed by atoms with Gasteiger partial charge in [0.1, 0.15) is 6.61 Å². The minimum Gasteiger partial charge on any atom is -0.379 e. The Morgan fingerprint density at radius 1 is 1.58 bits per heavy atom. The lowest BCUT2D eigenvalue weighted by Gasteiger charge is -2.33. The number of epoxide rings is 1. The maximum Gasteiger partial charge on any atom is 0.195 e. The van der Waals surface area contributed by atoms with E-state index in [1.165, 1.54) is 6.42 Å². The molecule has 2 aliphatic heterocycles. The molecule has 0 aromatic rings. The van der Waals surface area contributed by atoms with Gasteiger partial charge in [0.05, 0.1) is 12.7 Å². The molecular formula is C9H16O3. The zero-order valence-corrected chi connectivity index (χ0v) is 7.54. The Balaban J connectivity index is 1.47. The highest BCUT2D eigenvalue weighted by atomic mass is 16.8. The van der Waals surface area contributed by atoms with Gasteiger partial charge in [-0.15, -0.1) is 0 Å². The molecule has 0 bridgehead atoms. The highest BCUT2D eigenvalue weighted by molar-refractivity contribution is 4.94. The van der Waals surface area contributed by atoms with Crippen molar-refractivity contribution in [2.45, 2.75) is 38.1 Å². The summed E-state index contributed by atoms with van der Waals surface area (Å²) in [6, 6.07) is 0. The lowest BCUT2D eigenvalue weighted by molar-refractivity contribution is -0.214. The largest absolute Gasteiger partial charge is 0.379 e. The molecule has 0 aliphatic carbocycles. The minimum absolute atomic E-state index is 0.140. The topological polar surface area (TPSA) is 31.0 Å². The predicted octanol–water partition coefficient (Wildman–Crippen LogP) is 1.32. The summed E-state index contributed by atoms with van der Waals surface area (Å²) in [5.74, 6) is -0.140. The van der Waals surface area contributed by atoms with Crippen LogP contribution >= 0.6 is 0 Å². The molecular weight excluding hydrogens is 156 g/mol. The van der Waals surface area contributed by atoms with Crippen molar-refractivity contribution in [2.75, 3.05) is 19.8 Å². The van der Waals surface area contributed by atoms with Crippen LogP contribution in [-0.2, 0) is 14.2 Å². The normalized spacial score (nSPS) is 38.2. The first-order valence-electron chi connectivity index (χ1n) is 4.74. The highest BCUT2D eigenvalue weighted by Gasteiger charge is 2.57. The summed E-state index contributed by atoms with van der Waals surface area (Å²) in [5.41, 5.74) is 0. The third kappa shape index (κ3) is 1.79. The van der Waals surface area contributed by atoms with E-state index >= 15 is 0 Å². The van der Waals surface area contributed by atoms with E-state index in [9.17, 15) is 0 Å². The van der Waals surface area contributed by atoms with Crippen molar-refractivity contribution < 1.29 is 14.2 Å². The zero-order chi connectivity index (χ0) is 8.44. The van der Waals surface area contributed by atoms with Crippen molar-refractivity contribution in [3.63, 3.8) is 0 Å². The molecule has 70 valence electrons. The Morgan fingerprint density at radius 2 is 2.33 bits per heavy atom. The molecule has 2 aliphatic rings. The third-order valence-electron chi connectivity index (χ3n) is 2.33. The van der Waals surface area contributed by atoms with E-state index < -0.39 is 0 Å². The molecule has 0 amide bonds. The number of rotatable bonds is 5. The average molecular weight is 172 g/mol. The molecule has 1 spiro atoms. The summed E-state index contributed by atoms with van der Waals surface area (Å²) in [5, 5.41) is 0. The first-order chi connectivity index (χ1) is 5.85. The van der Waals surface area contributed by atoms with Gasteiger partial charge >= 0.3 is 0 Å². The zero-order valence-electron chi connectivity index (χ0n) is 7.54. The second kappa shape index (κ2) is 3.32. The van der Waals surface area contributed by atoms with E-state index in [1.807, 2.05) is 0 Å². The van der Waals surface area contributed by atoms with Crippen LogP contribution in [0, 0.1) is 0 Å². The fourth-order valence-electron chi connectivity index (χ4n) is 1.46. The van der Waals surface area contributed by atoms with Gasteiger partial charge in [-0.1, -0.05) is 13.3 Å². The summed E-state index contributed by atoms with van der Waals surface area (Å²) in [6.45, 7) is 4.56. The summed E-state index contributed by atoms with van der Waals surface area (Å²) in [6.07, 6.45) is 3.66. The van der Waals surface area contributed by atoms with Crippen molar-refractivity contribution in [1.29, 1.82) is 0 Å². The Bertz CT molecular complexity index is 146. The molecule has 0 saturated carbocycles. The summed E-state index contributed by atoms with van der Waals surface area (Å²) >= 11 is 0. The quantitative estimate of drug-likeness (QED) is 0.463. The van der Waals surface area contributed by atoms with Crippen LogP contribution in [0.1, 0.15) is 26.2 Å². The lowest BCUT2D eigenvalue weighted by Crippen LogP contribution is -2.43. The second-order valence-corrected chi connectivity index (χ2v) is 3.57. The number of unbranched alkanes of at least 4 members (excludes halogenated alkanes) is 1. The summed E-state index contributed by atoms with van der Waals surface area (Å²) in [4.78, 5) is 0. The van der Waals surface area contributed by atoms with Crippen LogP contribution in [0.25, 0.3) is 0 Å². The van der Waals surface area contributed by atoms with Crippen LogP contribution in [0.3, 0.4) is 0 Å². The van der Waals surface area contributed by atoms with Crippen LogP contribution < -0.4 is 0 Å². The van der Waals surface area contributed by atoms with Crippen LogP contribution in [0.15, 0.2) is 0 Å². The molecule has 0 N–H and O–H groups in total. The number of hydrogen-bond donors (Lipinski definition) is 0. The van der Waals surface area contributed by atoms with Gasteiger partial charge < -0.3 is 14.2 Å². The monoisotopic (exact) mass is 172 g/mol. The Hall–Kier alpha value is -0.120. The highest BCUT2D eigenvalue weighted by Crippen LogP contribution is 2.44. The van der Waals surface area contributed by atoms with Gasteiger partial charge in [-0.05, 0) is 6.42 Å². The molecule has 3 nitrogen and oxygen atoms in total. The first kappa shape index (κ1) is 8.48. The third-order valence-corrected chi connectivity index (χ3v) is 2.33. The van der Waals surface area contributed by atoms with E-state index in [2.05, 4.69) is 6.92 Å². The van der Waals surface area contributed by atoms with Gasteiger partial charge in [-0.25, -0.2) is 0 Å². The van der Waals surface area contributed by atoms with E-state index in [-0.39, 0.29) is 5.79 Å². The van der Waals surface area contributed by atoms with Crippen LogP contribution in [-0.4, -0.2) is 31.7 Å². The van der Waals surface area contributed by atoms with Gasteiger partial charge in [-0.2, -0.15) is 0 Å². The van der Waals surface area contributed by atoms with Gasteiger partial charge in [0.2, 0.25) is 0 Å². The second-order valence-electron chi connectivity index (χ2n) is 3.57. The maximum absolute atomic E-state index is 5.47. The standard InChI is InChI=1S/C9H16O3/c1-2-3-4-10-6-8-5-9(12-8)7-11-9/h8H,2-7H2,1H3. The molecule has 2 atom stereocenters. The first-order valence-corrected chi connectivity index (χ1v) is 4.74. The molecule has 0 aromatic carbocycles. The van der Waals surface area contributed by atoms with Crippen molar-refractivity contribution >= 4 is 0 Å². The SMILES string of the molecule is CCCCOCC1CC2(CO2)O1. The Kier molecular flexibility index (Phi) is 2.35. The Morgan fingerprint density at radius 3 is 2.92 bits per heavy atom. The lowest BCUT2D eigenvalue weighted by atomic mass is 10.1. The average Bonchev–Trinajstić information content (AvgIpc) is 2.76. The number of ether oxygens (including phenoxy) is 3. The van der Waals surface area contributed by atoms with Crippen molar-refractivity contribution in [1.82, 2.24) is 0 Å². The molecule has 2 fully saturated rings. The fraction of sp³-hybridized carbons (Fsp3) is 1.00. The maximum atomic E-state index is 5.47. The number of hydrogen-bond acceptors (Lipinski definition) is 3. The van der Waals surface area contributed by atoms with Gasteiger partial charge in [-0.3, -0.25) is 0 Å². The van der Waals surface area contributed by atoms with Gasteiger partial charge in [0.15, 0.2) is 5.79 Å². The van der Waals surface area contributed by atoms with E-state index in [1.54, 1.807) is 0 Å². The smallest absolute Gasteiger partial charge is 0.195 e. The van der Waals surface area contributed by atoms with Crippen molar-refractivity contribution in [2.24, 2.45) is 0 Å². The van der Waals surface area contributed by atoms with Crippen molar-refractivity contribution in [3.8, 4) is 0 Å². The molecule has 2 saturated heterocycles. The molecule has 2 unspecified atom stereocenters. The molecule has 0 radical (unpaired) electrons. The van der Waals surface area contributed by atoms with Gasteiger partial charge in [0.25, 0.3) is 0 Å². The fourth-order valence-corrected chi connectivity index (χ4v) is 1.46. The van der Waals surface area contributed by atoms with E-state index in [0.717, 1.165) is 32.7 Å². The van der Waals surface area contributed by atoms with E-state index in [0.29, 0.717) is 6.10 Å². The Labute approximate surface area is 73.0 Å². The predicted molar refractivity (Wildman–Crippen MR) is 43.9 cm³/mol. The summed E-state index contributed by atoms with van der Waals surface area (Å²) in [7, 11) is 0. The van der Waals surface area contributed by atoms with Crippen LogP contribution in [0.5, 0.6) is 0 Å². The molecule has 2 rings (SSSR count). The van der Waals surface area contributed by atoms with Crippen molar-refractivity contribution in [3.05, 3.63) is 0 Å². The summed E-state index contributed by atoms with van der Waals surface area (Å²) < 4.78 is 16.0. The van der Waals surface area contributed by atoms with Gasteiger partial charge in [0, 0.05) is 13.0 Å². The molecule has 0 aromatic heterocycles. The molecule has 12 heavy (non-hydrogen) atoms.